The van der Waals surface area contributed by atoms with Gasteiger partial charge in [-0.3, -0.25) is 14.4 Å². The first-order valence-corrected chi connectivity index (χ1v) is 14.2. The third kappa shape index (κ3) is 14.8. The van der Waals surface area contributed by atoms with Crippen LogP contribution < -0.4 is 21.3 Å². The monoisotopic (exact) mass is 563 g/mol. The van der Waals surface area contributed by atoms with E-state index < -0.39 is 35.9 Å². The highest BCUT2D eigenvalue weighted by molar-refractivity contribution is 5.92. The highest BCUT2D eigenvalue weighted by Crippen LogP contribution is 2.09. The minimum absolute atomic E-state index is 0.0308. The van der Waals surface area contributed by atoms with Crippen LogP contribution in [0.15, 0.2) is 30.3 Å². The van der Waals surface area contributed by atoms with E-state index in [1.165, 1.54) is 7.11 Å². The van der Waals surface area contributed by atoms with E-state index in [0.29, 0.717) is 12.8 Å². The fourth-order valence-electron chi connectivity index (χ4n) is 4.11. The van der Waals surface area contributed by atoms with Crippen molar-refractivity contribution in [1.29, 1.82) is 0 Å². The van der Waals surface area contributed by atoms with Gasteiger partial charge in [0.05, 0.1) is 6.54 Å². The Hall–Kier alpha value is -3.18. The van der Waals surface area contributed by atoms with Gasteiger partial charge in [-0.05, 0) is 63.2 Å². The molecule has 0 aliphatic heterocycles. The number of unbranched alkanes of at least 4 members (excludes halogenated alkanes) is 1. The molecule has 0 fully saturated rings. The molecule has 0 spiro atoms. The number of nitrogens with one attached hydrogen (secondary N) is 4. The number of carbonyl (C=O) groups is 4. The lowest BCUT2D eigenvalue weighted by molar-refractivity contribution is -0.131. The van der Waals surface area contributed by atoms with Gasteiger partial charge < -0.3 is 35.6 Å². The summed E-state index contributed by atoms with van der Waals surface area (Å²) in [5.41, 5.74) is 0.825. The van der Waals surface area contributed by atoms with Crippen molar-refractivity contribution in [1.82, 2.24) is 26.2 Å². The molecule has 4 N–H and O–H groups in total. The number of alkyl carbamates (subject to hydrolysis) is 1. The second kappa shape index (κ2) is 20.7. The summed E-state index contributed by atoms with van der Waals surface area (Å²) >= 11 is 0. The van der Waals surface area contributed by atoms with E-state index in [0.717, 1.165) is 44.5 Å². The normalized spacial score (nSPS) is 12.5. The van der Waals surface area contributed by atoms with Gasteiger partial charge in [0.1, 0.15) is 25.4 Å². The lowest BCUT2D eigenvalue weighted by Crippen LogP contribution is -2.56. The van der Waals surface area contributed by atoms with E-state index in [9.17, 15) is 19.2 Å². The van der Waals surface area contributed by atoms with Gasteiger partial charge in [0.25, 0.3) is 0 Å². The molecule has 11 nitrogen and oxygen atoms in total. The van der Waals surface area contributed by atoms with E-state index in [1.807, 2.05) is 30.3 Å². The van der Waals surface area contributed by atoms with Gasteiger partial charge in [0, 0.05) is 7.11 Å². The molecule has 1 aromatic rings. The second-order valence-electron chi connectivity index (χ2n) is 10.1. The minimum atomic E-state index is -0.909. The smallest absolute Gasteiger partial charge is 0.408 e. The van der Waals surface area contributed by atoms with Gasteiger partial charge in [-0.15, -0.1) is 0 Å². The summed E-state index contributed by atoms with van der Waals surface area (Å²) in [7, 11) is 1.45. The maximum atomic E-state index is 13.2. The molecule has 0 aliphatic carbocycles. The summed E-state index contributed by atoms with van der Waals surface area (Å²) in [5.74, 6) is -1.62. The van der Waals surface area contributed by atoms with Crippen LogP contribution in [0, 0.1) is 5.92 Å². The van der Waals surface area contributed by atoms with Gasteiger partial charge in [-0.1, -0.05) is 58.0 Å². The first-order chi connectivity index (χ1) is 19.2. The van der Waals surface area contributed by atoms with Crippen molar-refractivity contribution < 1.29 is 28.7 Å². The van der Waals surface area contributed by atoms with Crippen LogP contribution in [-0.2, 0) is 30.5 Å². The van der Waals surface area contributed by atoms with Crippen molar-refractivity contribution in [2.75, 3.05) is 40.0 Å². The molecule has 0 saturated heterocycles. The molecular weight excluding hydrogens is 514 g/mol. The molecule has 40 heavy (non-hydrogen) atoms. The summed E-state index contributed by atoms with van der Waals surface area (Å²) in [6.07, 6.45) is 3.39. The van der Waals surface area contributed by atoms with Crippen LogP contribution in [0.25, 0.3) is 0 Å². The third-order valence-corrected chi connectivity index (χ3v) is 6.20. The summed E-state index contributed by atoms with van der Waals surface area (Å²) < 4.78 is 10.1. The van der Waals surface area contributed by atoms with Crippen molar-refractivity contribution in [3.8, 4) is 0 Å². The second-order valence-corrected chi connectivity index (χ2v) is 10.1. The predicted octanol–water partition coefficient (Wildman–Crippen LogP) is 2.55. The Bertz CT molecular complexity index is 877. The molecule has 4 amide bonds. The number of rotatable bonds is 20. The van der Waals surface area contributed by atoms with E-state index in [2.05, 4.69) is 40.0 Å². The first-order valence-electron chi connectivity index (χ1n) is 14.2. The van der Waals surface area contributed by atoms with Gasteiger partial charge in [-0.25, -0.2) is 4.79 Å². The number of benzene rings is 1. The minimum Gasteiger partial charge on any atom is -0.445 e. The maximum absolute atomic E-state index is 13.2. The van der Waals surface area contributed by atoms with E-state index in [4.69, 9.17) is 9.47 Å². The Labute approximate surface area is 239 Å². The molecule has 11 heteroatoms. The Morgan fingerprint density at radius 2 is 1.55 bits per heavy atom. The average molecular weight is 564 g/mol. The van der Waals surface area contributed by atoms with E-state index >= 15 is 0 Å². The van der Waals surface area contributed by atoms with E-state index in [-0.39, 0.29) is 25.8 Å². The van der Waals surface area contributed by atoms with Gasteiger partial charge in [0.15, 0.2) is 0 Å². The number of hydrogen-bond donors (Lipinski definition) is 4. The van der Waals surface area contributed by atoms with Crippen LogP contribution in [-0.4, -0.2) is 80.8 Å². The molecule has 0 aromatic heterocycles. The Morgan fingerprint density at radius 3 is 2.15 bits per heavy atom. The van der Waals surface area contributed by atoms with Gasteiger partial charge >= 0.3 is 6.09 Å². The van der Waals surface area contributed by atoms with Crippen LogP contribution in [0.5, 0.6) is 0 Å². The summed E-state index contributed by atoms with van der Waals surface area (Å²) in [5, 5.41) is 10.5. The molecule has 2 atom stereocenters. The van der Waals surface area contributed by atoms with Crippen molar-refractivity contribution >= 4 is 23.8 Å². The van der Waals surface area contributed by atoms with Crippen LogP contribution in [0.1, 0.15) is 65.4 Å². The van der Waals surface area contributed by atoms with E-state index in [1.54, 1.807) is 13.8 Å². The molecule has 0 unspecified atom stereocenters. The zero-order chi connectivity index (χ0) is 29.8. The number of carbonyl (C=O) groups excluding carboxylic acids is 4. The topological polar surface area (TPSA) is 138 Å². The quantitative estimate of drug-likeness (QED) is 0.141. The third-order valence-electron chi connectivity index (χ3n) is 6.20. The van der Waals surface area contributed by atoms with Crippen LogP contribution in [0.3, 0.4) is 0 Å². The molecule has 0 aliphatic rings. The molecule has 1 rings (SSSR count). The molecule has 0 bridgehead atoms. The largest absolute Gasteiger partial charge is 0.445 e. The molecule has 0 heterocycles. The molecule has 0 saturated carbocycles. The number of ether oxygens (including phenoxy) is 2. The fraction of sp³-hybridized carbons (Fsp3) is 0.655. The Kier molecular flexibility index (Phi) is 18.0. The Morgan fingerprint density at radius 1 is 0.875 bits per heavy atom. The molecule has 226 valence electrons. The van der Waals surface area contributed by atoms with Crippen molar-refractivity contribution in [3.63, 3.8) is 0 Å². The predicted molar refractivity (Wildman–Crippen MR) is 154 cm³/mol. The van der Waals surface area contributed by atoms with Gasteiger partial charge in [-0.2, -0.15) is 0 Å². The molecule has 0 radical (unpaired) electrons. The van der Waals surface area contributed by atoms with Crippen molar-refractivity contribution in [2.24, 2.45) is 5.92 Å². The summed E-state index contributed by atoms with van der Waals surface area (Å²) in [6, 6.07) is 7.46. The number of hydrogen-bond acceptors (Lipinski definition) is 7. The maximum Gasteiger partial charge on any atom is 0.408 e. The average Bonchev–Trinajstić information content (AvgIpc) is 2.94. The number of methoxy groups -OCH3 is 1. The Balaban J connectivity index is 2.80. The highest BCUT2D eigenvalue weighted by atomic mass is 16.5. The fourth-order valence-corrected chi connectivity index (χ4v) is 4.11. The van der Waals surface area contributed by atoms with Crippen molar-refractivity contribution in [3.05, 3.63) is 35.9 Å². The zero-order valence-electron chi connectivity index (χ0n) is 24.8. The highest BCUT2D eigenvalue weighted by Gasteiger charge is 2.29. The van der Waals surface area contributed by atoms with Gasteiger partial charge in [0.2, 0.25) is 17.7 Å². The van der Waals surface area contributed by atoms with Crippen LogP contribution in [0.4, 0.5) is 4.79 Å². The lowest BCUT2D eigenvalue weighted by atomic mass is 10.0. The molecular formula is C29H49N5O6. The number of nitrogens with zero attached hydrogens (tertiary/aromatic N) is 1. The van der Waals surface area contributed by atoms with Crippen LogP contribution in [0.2, 0.25) is 0 Å². The first kappa shape index (κ1) is 34.8. The standard InChI is InChI=1S/C29H49N5O6/c1-6-16-34(17-7-2)18-12-11-15-24(27(36)30-19-25(35)31-21-39-5)32-28(37)26(22(3)4)33-29(38)40-20-23-13-9-8-10-14-23/h8-10,13-14,22,24,26H,6-7,11-12,15-21H2,1-5H3,(H,30,36)(H,31,35)(H,32,37)(H,33,38)/t24-,26-/m0/s1. The molecule has 1 aromatic carbocycles. The van der Waals surface area contributed by atoms with Crippen LogP contribution >= 0.6 is 0 Å². The summed E-state index contributed by atoms with van der Waals surface area (Å²) in [6.45, 7) is 10.7. The lowest BCUT2D eigenvalue weighted by Gasteiger charge is -2.25. The zero-order valence-corrected chi connectivity index (χ0v) is 24.8. The SMILES string of the molecule is CCCN(CCC)CCCC[C@H](NC(=O)[C@@H](NC(=O)OCc1ccccc1)C(C)C)C(=O)NCC(=O)NCOC. The summed E-state index contributed by atoms with van der Waals surface area (Å²) in [4.78, 5) is 53.0. The van der Waals surface area contributed by atoms with Crippen molar-refractivity contribution in [2.45, 2.75) is 78.5 Å². The number of amides is 4.